The van der Waals surface area contributed by atoms with Crippen molar-refractivity contribution in [3.05, 3.63) is 226 Å². The molecule has 14 rings (SSSR count). The summed E-state index contributed by atoms with van der Waals surface area (Å²) in [7, 11) is -1.48. The van der Waals surface area contributed by atoms with Crippen LogP contribution in [0.1, 0.15) is 225 Å². The molecule has 0 radical (unpaired) electrons. The second-order valence-electron chi connectivity index (χ2n) is 35.3. The number of hydrogen-bond acceptors (Lipinski definition) is 11. The average molecular weight is 1670 g/mol. The Hall–Kier alpha value is -6.30. The minimum absolute atomic E-state index is 0.349. The first kappa shape index (κ1) is 86.1. The minimum atomic E-state index is -0.390. The molecule has 10 aromatic rings. The molecular formula is C96H120B4Br2N2O8S. The third kappa shape index (κ3) is 19.6. The van der Waals surface area contributed by atoms with Crippen LogP contribution in [0.2, 0.25) is 0 Å². The number of fused-ring (bicyclic) bond motifs is 3. The maximum absolute atomic E-state index is 6.56. The lowest BCUT2D eigenvalue weighted by molar-refractivity contribution is 0.00578. The molecule has 0 unspecified atom stereocenters. The Bertz CT molecular complexity index is 4540. The van der Waals surface area contributed by atoms with Gasteiger partial charge >= 0.3 is 28.5 Å². The summed E-state index contributed by atoms with van der Waals surface area (Å²) in [6.07, 6.45) is 18.1. The molecule has 17 heteroatoms. The van der Waals surface area contributed by atoms with Crippen molar-refractivity contribution in [2.45, 2.75) is 273 Å². The molecule has 594 valence electrons. The fourth-order valence-corrected chi connectivity index (χ4v) is 16.7. The van der Waals surface area contributed by atoms with Gasteiger partial charge in [0.1, 0.15) is 0 Å². The zero-order valence-corrected chi connectivity index (χ0v) is 74.8. The number of rotatable bonds is 26. The molecule has 0 amide bonds. The van der Waals surface area contributed by atoms with Gasteiger partial charge in [-0.1, -0.05) is 207 Å². The Morgan fingerprint density at radius 2 is 0.619 bits per heavy atom. The van der Waals surface area contributed by atoms with Gasteiger partial charge in [0.25, 0.3) is 0 Å². The number of hydrogen-bond donors (Lipinski definition) is 0. The largest absolute Gasteiger partial charge is 0.495 e. The highest BCUT2D eigenvalue weighted by Gasteiger charge is 2.56. The lowest BCUT2D eigenvalue weighted by atomic mass is 9.67. The topological polar surface area (TPSA) is 80.3 Å². The van der Waals surface area contributed by atoms with Crippen molar-refractivity contribution in [3.63, 3.8) is 0 Å². The SMILES string of the molecule is Brc1ccc(N(c2ccc(Br)cc2)c2ccc(-c3cccc4c3sc3ccccc34)cc2)cc1.CCCCCCc1cc(B2OC(C)(C)C(C)(C)O2)c(CCCCCC)cc1B1OC(C)(C)C(C)(C)O1.CCCCCCc1ccc(N(c2ccc(B3OC(C)(C)C(C)(C)O3)cc2)c2ccc(B3OC(C)(C)C(C)(C)O3)cc2)cc1. The Morgan fingerprint density at radius 1 is 0.310 bits per heavy atom. The quantitative estimate of drug-likeness (QED) is 0.0386. The normalized spacial score (nSPS) is 18.0. The summed E-state index contributed by atoms with van der Waals surface area (Å²) in [6.45, 7) is 40.6. The van der Waals surface area contributed by atoms with Gasteiger partial charge in [0.2, 0.25) is 0 Å². The zero-order chi connectivity index (χ0) is 80.9. The van der Waals surface area contributed by atoms with Crippen molar-refractivity contribution in [3.8, 4) is 11.1 Å². The first-order valence-electron chi connectivity index (χ1n) is 41.6. The second-order valence-corrected chi connectivity index (χ2v) is 38.2. The van der Waals surface area contributed by atoms with Crippen molar-refractivity contribution in [2.24, 2.45) is 0 Å². The van der Waals surface area contributed by atoms with E-state index in [1.165, 1.54) is 136 Å². The van der Waals surface area contributed by atoms with Crippen molar-refractivity contribution in [2.75, 3.05) is 9.80 Å². The lowest BCUT2D eigenvalue weighted by Gasteiger charge is -2.32. The van der Waals surface area contributed by atoms with Gasteiger partial charge < -0.3 is 47.0 Å². The third-order valence-corrected chi connectivity index (χ3v) is 27.2. The molecule has 4 aliphatic rings. The van der Waals surface area contributed by atoms with Crippen LogP contribution in [0.25, 0.3) is 31.3 Å². The Kier molecular flexibility index (Phi) is 27.3. The van der Waals surface area contributed by atoms with Crippen LogP contribution in [0.5, 0.6) is 0 Å². The van der Waals surface area contributed by atoms with Gasteiger partial charge in [-0.05, 0) is 302 Å². The van der Waals surface area contributed by atoms with Crippen LogP contribution in [0.3, 0.4) is 0 Å². The zero-order valence-electron chi connectivity index (χ0n) is 70.8. The maximum atomic E-state index is 6.56. The summed E-state index contributed by atoms with van der Waals surface area (Å²) in [4.78, 5) is 4.57. The van der Waals surface area contributed by atoms with E-state index in [2.05, 4.69) is 373 Å². The first-order chi connectivity index (χ1) is 53.6. The fourth-order valence-electron chi connectivity index (χ4n) is 15.0. The summed E-state index contributed by atoms with van der Waals surface area (Å²) >= 11 is 8.99. The molecule has 113 heavy (non-hydrogen) atoms. The monoisotopic (exact) mass is 1660 g/mol. The van der Waals surface area contributed by atoms with E-state index in [1.54, 1.807) is 0 Å². The van der Waals surface area contributed by atoms with Crippen LogP contribution in [0, 0.1) is 0 Å². The number of aryl methyl sites for hydroxylation is 3. The van der Waals surface area contributed by atoms with Gasteiger partial charge in [-0.15, -0.1) is 11.3 Å². The minimum Gasteiger partial charge on any atom is -0.399 e. The van der Waals surface area contributed by atoms with Gasteiger partial charge in [0, 0.05) is 63.2 Å². The maximum Gasteiger partial charge on any atom is 0.495 e. The first-order valence-corrected chi connectivity index (χ1v) is 44.0. The van der Waals surface area contributed by atoms with Crippen molar-refractivity contribution in [1.29, 1.82) is 0 Å². The number of halogens is 2. The van der Waals surface area contributed by atoms with Gasteiger partial charge in [0.05, 0.1) is 44.8 Å². The van der Waals surface area contributed by atoms with Gasteiger partial charge in [0.15, 0.2) is 0 Å². The van der Waals surface area contributed by atoms with E-state index < -0.39 is 14.2 Å². The molecule has 0 N–H and O–H groups in total. The number of thiophene rings is 1. The van der Waals surface area contributed by atoms with Crippen LogP contribution < -0.4 is 31.7 Å². The van der Waals surface area contributed by atoms with Crippen LogP contribution in [-0.2, 0) is 56.5 Å². The molecule has 4 saturated heterocycles. The molecule has 10 nitrogen and oxygen atoms in total. The highest BCUT2D eigenvalue weighted by Crippen LogP contribution is 2.45. The van der Waals surface area contributed by atoms with Crippen molar-refractivity contribution in [1.82, 2.24) is 0 Å². The van der Waals surface area contributed by atoms with Gasteiger partial charge in [-0.25, -0.2) is 0 Å². The fraction of sp³-hybridized carbons (Fsp3) is 0.438. The van der Waals surface area contributed by atoms with Crippen LogP contribution in [0.4, 0.5) is 34.1 Å². The summed E-state index contributed by atoms with van der Waals surface area (Å²) in [5.74, 6) is 0. The molecule has 0 bridgehead atoms. The molecule has 0 saturated carbocycles. The van der Waals surface area contributed by atoms with Crippen LogP contribution >= 0.6 is 43.2 Å². The summed E-state index contributed by atoms with van der Waals surface area (Å²) in [5.41, 5.74) is 14.6. The molecule has 9 aromatic carbocycles. The second kappa shape index (κ2) is 35.9. The number of unbranched alkanes of at least 4 members (excludes halogenated alkanes) is 9. The van der Waals surface area contributed by atoms with E-state index in [0.717, 1.165) is 73.3 Å². The summed E-state index contributed by atoms with van der Waals surface area (Å²) < 4.78 is 56.3. The molecule has 0 atom stereocenters. The van der Waals surface area contributed by atoms with E-state index in [9.17, 15) is 0 Å². The van der Waals surface area contributed by atoms with E-state index in [0.29, 0.717) is 0 Å². The molecule has 4 fully saturated rings. The van der Waals surface area contributed by atoms with Crippen molar-refractivity contribution < 1.29 is 37.2 Å². The average Bonchev–Trinajstić information content (AvgIpc) is 1.58. The smallest absolute Gasteiger partial charge is 0.399 e. The Morgan fingerprint density at radius 3 is 0.982 bits per heavy atom. The third-order valence-electron chi connectivity index (χ3n) is 24.9. The predicted octanol–water partition coefficient (Wildman–Crippen LogP) is 25.1. The summed E-state index contributed by atoms with van der Waals surface area (Å²) in [6, 6.07) is 71.9. The lowest BCUT2D eigenvalue weighted by Crippen LogP contribution is -2.43. The number of anilines is 6. The Balaban J connectivity index is 0.000000158. The van der Waals surface area contributed by atoms with Gasteiger partial charge in [-0.3, -0.25) is 0 Å². The van der Waals surface area contributed by atoms with E-state index in [1.807, 2.05) is 11.3 Å². The molecule has 4 aliphatic heterocycles. The number of nitrogens with zero attached hydrogens (tertiary/aromatic N) is 2. The molecule has 0 aliphatic carbocycles. The van der Waals surface area contributed by atoms with Crippen LogP contribution in [-0.4, -0.2) is 73.3 Å². The van der Waals surface area contributed by atoms with E-state index in [-0.39, 0.29) is 59.0 Å². The van der Waals surface area contributed by atoms with E-state index >= 15 is 0 Å². The molecular weight excluding hydrogens is 1540 g/mol. The van der Waals surface area contributed by atoms with Gasteiger partial charge in [-0.2, -0.15) is 0 Å². The van der Waals surface area contributed by atoms with Crippen molar-refractivity contribution >= 4 is 148 Å². The standard InChI is InChI=1S/C36H49B2NO4.C30H52B2O4.C30H19Br2NS/c1-10-11-12-13-14-27-15-21-30(22-16-27)39(31-23-17-28(18-24-31)37-40-33(2,3)34(4,5)41-37)32-25-19-29(20-26-32)38-42-35(6,7)36(8,9)43-38;1-11-13-15-17-19-23-21-26(32-35-29(7,8)30(9,10)36-32)24(20-18-16-14-12-2)22-25(23)31-33-27(3,4)28(5,6)34-31;31-21-10-16-24(17-11-21)33(25-18-12-22(32)13-19-25)23-14-8-20(9-15-23)26-5-3-6-28-27-4-1-2-7-29(27)34-30(26)28/h15-26H,10-14H2,1-9H3;21-22H,11-20H2,1-10H3;1-19H. The summed E-state index contributed by atoms with van der Waals surface area (Å²) in [5, 5.41) is 2.66. The highest BCUT2D eigenvalue weighted by molar-refractivity contribution is 9.10. The molecule has 0 spiro atoms. The van der Waals surface area contributed by atoms with Crippen LogP contribution in [0.15, 0.2) is 209 Å². The highest BCUT2D eigenvalue weighted by atomic mass is 79.9. The number of benzene rings is 9. The molecule has 5 heterocycles. The Labute approximate surface area is 699 Å². The predicted molar refractivity (Wildman–Crippen MR) is 489 cm³/mol. The van der Waals surface area contributed by atoms with E-state index in [4.69, 9.17) is 37.2 Å². The molecule has 1 aromatic heterocycles.